The Hall–Kier alpha value is -10.7. The van der Waals surface area contributed by atoms with Gasteiger partial charge in [0.15, 0.2) is 56.9 Å². The number of carbonyl (C=O) groups is 2. The third-order valence-electron chi connectivity index (χ3n) is 19.8. The van der Waals surface area contributed by atoms with Crippen molar-refractivity contribution >= 4 is 181 Å². The molecule has 12 aromatic rings. The summed E-state index contributed by atoms with van der Waals surface area (Å²) in [4.78, 5) is 73.2. The molecule has 3 aliphatic rings. The van der Waals surface area contributed by atoms with E-state index in [1.165, 1.54) is 0 Å². The third-order valence-corrected chi connectivity index (χ3v) is 19.8. The Balaban J connectivity index is 0.000000182. The molecule has 45 heteroatoms. The minimum Gasteiger partial charge on any atom is -0.872 e. The fourth-order valence-corrected chi connectivity index (χ4v) is 13.7. The van der Waals surface area contributed by atoms with E-state index < -0.39 is 281 Å². The van der Waals surface area contributed by atoms with Crippen LogP contribution in [-0.4, -0.2) is 325 Å². The number of rotatable bonds is 12. The zero-order valence-corrected chi connectivity index (χ0v) is 65.3. The maximum absolute atomic E-state index is 13.1. The minimum absolute atomic E-state index is 0. The van der Waals surface area contributed by atoms with Gasteiger partial charge < -0.3 is 190 Å². The number of hydrogen-bond donors (Lipinski definition) is 28. The van der Waals surface area contributed by atoms with Crippen LogP contribution in [0.1, 0.15) is 55.3 Å². The molecule has 43 nitrogen and oxygen atoms in total. The number of carboxylic acid groups (broad SMARTS) is 1. The molecule has 28 N–H and O–H groups in total. The van der Waals surface area contributed by atoms with Gasteiger partial charge in [0.25, 0.3) is 0 Å². The van der Waals surface area contributed by atoms with E-state index in [9.17, 15) is 172 Å². The summed E-state index contributed by atoms with van der Waals surface area (Å²) in [5.41, 5.74) is -6.90. The number of phenolic OH excluding ortho intramolecular Hbond substituents is 14. The number of carbonyl (C=O) groups excluding carboxylic acids is 1. The van der Waals surface area contributed by atoms with E-state index in [4.69, 9.17) is 37.0 Å². The van der Waals surface area contributed by atoms with Crippen molar-refractivity contribution in [1.29, 1.82) is 0 Å². The maximum atomic E-state index is 13.1. The van der Waals surface area contributed by atoms with Crippen LogP contribution < -0.4 is 37.2 Å². The number of aliphatic carboxylic acids is 1. The molecule has 3 saturated heterocycles. The van der Waals surface area contributed by atoms with Gasteiger partial charge in [0.1, 0.15) is 188 Å². The van der Waals surface area contributed by atoms with Crippen molar-refractivity contribution in [2.45, 2.75) is 118 Å². The van der Waals surface area contributed by atoms with Crippen molar-refractivity contribution in [1.82, 2.24) is 0 Å². The summed E-state index contributed by atoms with van der Waals surface area (Å²) >= 11 is 0. The monoisotopic (exact) mass is 1750 g/mol. The van der Waals surface area contributed by atoms with Crippen LogP contribution >= 0.6 is 0 Å². The van der Waals surface area contributed by atoms with E-state index in [0.29, 0.717) is 6.29 Å². The van der Waals surface area contributed by atoms with Crippen LogP contribution in [0.25, 0.3) is 87.8 Å². The number of aldehydes is 1. The molecule has 4 aromatic heterocycles. The number of aliphatic hydroxyl groups excluding tert-OH is 12. The molecule has 0 bridgehead atoms. The Morgan fingerprint density at radius 3 is 0.917 bits per heavy atom. The molecule has 16 atom stereocenters. The van der Waals surface area contributed by atoms with Crippen LogP contribution in [0.3, 0.4) is 0 Å². The summed E-state index contributed by atoms with van der Waals surface area (Å²) in [5, 5.41) is 293. The van der Waals surface area contributed by atoms with Crippen molar-refractivity contribution in [2.75, 3.05) is 25.1 Å². The van der Waals surface area contributed by atoms with E-state index in [-0.39, 0.29) is 162 Å². The van der Waals surface area contributed by atoms with Gasteiger partial charge in [-0.2, -0.15) is 0 Å². The number of benzene rings is 8. The molecule has 0 aliphatic carbocycles. The molecular formula is C76H71Ca2NO42+2. The van der Waals surface area contributed by atoms with E-state index in [2.05, 4.69) is 5.32 Å². The van der Waals surface area contributed by atoms with Gasteiger partial charge in [-0.05, 0) is 30.7 Å². The Morgan fingerprint density at radius 2 is 0.620 bits per heavy atom. The quantitative estimate of drug-likeness (QED) is 0.0274. The first kappa shape index (κ1) is 94.2. The number of aliphatic hydroxyl groups is 12. The summed E-state index contributed by atoms with van der Waals surface area (Å²) in [6, 6.07) is 10.5. The van der Waals surface area contributed by atoms with Gasteiger partial charge in [0, 0.05) is 60.5 Å². The number of aromatic hydroxyl groups is 14. The molecule has 0 amide bonds. The van der Waals surface area contributed by atoms with Crippen LogP contribution in [0.5, 0.6) is 92.0 Å². The molecule has 0 spiro atoms. The minimum atomic E-state index is -1.85. The van der Waals surface area contributed by atoms with Crippen molar-refractivity contribution in [3.63, 3.8) is 0 Å². The number of nitrogens with one attached hydrogen (secondary N) is 1. The van der Waals surface area contributed by atoms with Gasteiger partial charge in [-0.3, -0.25) is 24.0 Å². The SMILES string of the molecule is C.O=C[C@H](CCC(=O)O)Nc1c(O)cc2oc3cc(O)c(O)cc3c(=O)c2c1[O-].O=c1c2cc(O)c(O)cc2oc2cc(O)c(C3OC(CO)C(O)C(O)C3O)c(O)c12.O=c1c2cc(O)c(O)cc2oc2cc(O)c(C3OC(CO)C(O)C(O)C3O)c(O)c12.O=c1c2cc(O)c(O)cc2oc2cc(O)c(C3OC(CO)C(O)C(O)C3O)c([O-])c12.[Ca+2].[Ca+2]. The fourth-order valence-electron chi connectivity index (χ4n) is 13.7. The van der Waals surface area contributed by atoms with Gasteiger partial charge in [0.05, 0.1) is 75.0 Å². The Kier molecular flexibility index (Phi) is 28.7. The molecule has 3 fully saturated rings. The van der Waals surface area contributed by atoms with E-state index in [1.807, 2.05) is 0 Å². The predicted octanol–water partition coefficient (Wildman–Crippen LogP) is -1.93. The van der Waals surface area contributed by atoms with Gasteiger partial charge in [-0.25, -0.2) is 0 Å². The van der Waals surface area contributed by atoms with Crippen molar-refractivity contribution in [2.24, 2.45) is 0 Å². The molecule has 121 heavy (non-hydrogen) atoms. The summed E-state index contributed by atoms with van der Waals surface area (Å²) in [6.07, 6.45) is -24.8. The molecule has 634 valence electrons. The summed E-state index contributed by atoms with van der Waals surface area (Å²) in [5.74, 6) is -12.0. The second kappa shape index (κ2) is 36.9. The molecule has 15 rings (SSSR count). The second-order valence-electron chi connectivity index (χ2n) is 27.2. The van der Waals surface area contributed by atoms with Gasteiger partial charge in [0.2, 0.25) is 10.9 Å². The predicted molar refractivity (Wildman–Crippen MR) is 409 cm³/mol. The van der Waals surface area contributed by atoms with E-state index >= 15 is 0 Å². The molecule has 0 radical (unpaired) electrons. The van der Waals surface area contributed by atoms with E-state index in [0.717, 1.165) is 72.8 Å². The van der Waals surface area contributed by atoms with Crippen LogP contribution in [0, 0.1) is 0 Å². The average molecular weight is 1750 g/mol. The van der Waals surface area contributed by atoms with Crippen molar-refractivity contribution in [3.05, 3.63) is 130 Å². The first-order valence-electron chi connectivity index (χ1n) is 34.5. The smallest absolute Gasteiger partial charge is 0.872 e. The summed E-state index contributed by atoms with van der Waals surface area (Å²) < 4.78 is 37.7. The summed E-state index contributed by atoms with van der Waals surface area (Å²) in [6.45, 7) is -2.21. The van der Waals surface area contributed by atoms with E-state index in [1.54, 1.807) is 0 Å². The normalized spacial score (nSPS) is 22.9. The second-order valence-corrected chi connectivity index (χ2v) is 27.2. The number of hydrogen-bond acceptors (Lipinski definition) is 42. The Morgan fingerprint density at radius 1 is 0.364 bits per heavy atom. The first-order chi connectivity index (χ1) is 55.7. The fraction of sp³-hybridized carbons (Fsp3) is 0.289. The molecule has 15 unspecified atom stereocenters. The number of fused-ring (bicyclic) bond motifs is 8. The Labute approximate surface area is 730 Å². The molecular weight excluding hydrogens is 1680 g/mol. The standard InChI is InChI=1S/3C19H18O11.C18H15NO9.CH4.2Ca/c3*20-4-11-15(25)17(27)18(28)19(30-11)12-8(23)3-10-13(16(12)26)14(24)5-1-6(21)7(22)2-9(5)29-10;20-6-7(1-2-14(24)25)19-16-11(23)5-13-15(18(16)27)17(26)8-3-9(21)10(22)4-12(8)28-13;;;/h3*1-3,11,15,17-23,25-28H,4H2;3-7,19,21-23,27H,1-2H2,(H,24,25);1H4;;/q;;;;;2*+2/p-2/t;;;7-;;;/m...0.../s1. The van der Waals surface area contributed by atoms with Crippen molar-refractivity contribution < 1.29 is 190 Å². The van der Waals surface area contributed by atoms with Crippen molar-refractivity contribution in [3.8, 4) is 92.0 Å². The van der Waals surface area contributed by atoms with Crippen LogP contribution in [0.15, 0.2) is 110 Å². The number of phenols is 14. The number of anilines is 1. The topological polar surface area (TPSA) is 787 Å². The largest absolute Gasteiger partial charge is 2.00 e. The van der Waals surface area contributed by atoms with Gasteiger partial charge in [-0.1, -0.05) is 18.9 Å². The van der Waals surface area contributed by atoms with Gasteiger partial charge in [-0.15, -0.1) is 0 Å². The zero-order valence-electron chi connectivity index (χ0n) is 60.9. The number of ether oxygens (including phenoxy) is 3. The molecule has 3 aliphatic heterocycles. The summed E-state index contributed by atoms with van der Waals surface area (Å²) in [7, 11) is 0. The average Bonchev–Trinajstić information content (AvgIpc) is 0.749. The van der Waals surface area contributed by atoms with Crippen LogP contribution in [-0.2, 0) is 23.8 Å². The van der Waals surface area contributed by atoms with Crippen LogP contribution in [0.2, 0.25) is 0 Å². The molecule has 0 saturated carbocycles. The zero-order chi connectivity index (χ0) is 86.3. The third kappa shape index (κ3) is 17.2. The Bertz CT molecular complexity index is 5830. The molecule has 7 heterocycles. The first-order valence-corrected chi connectivity index (χ1v) is 34.5. The maximum Gasteiger partial charge on any atom is 2.00 e. The molecule has 8 aromatic carbocycles. The number of carboxylic acids is 1. The van der Waals surface area contributed by atoms with Crippen LogP contribution in [0.4, 0.5) is 5.69 Å². The van der Waals surface area contributed by atoms with Gasteiger partial charge >= 0.3 is 81.4 Å².